The van der Waals surface area contributed by atoms with Gasteiger partial charge in [0, 0.05) is 26.2 Å². The van der Waals surface area contributed by atoms with Gasteiger partial charge in [0.05, 0.1) is 24.8 Å². The Morgan fingerprint density at radius 1 is 1.42 bits per heavy atom. The smallest absolute Gasteiger partial charge is 0.416 e. The van der Waals surface area contributed by atoms with Crippen molar-refractivity contribution in [3.8, 4) is 0 Å². The van der Waals surface area contributed by atoms with Crippen LogP contribution >= 0.6 is 0 Å². The molecule has 1 aliphatic rings. The molecule has 1 aromatic carbocycles. The number of halogens is 3. The number of rotatable bonds is 6. The number of likely N-dealkylation sites (N-methyl/N-ethyl adjacent to an activating group) is 1. The van der Waals surface area contributed by atoms with Crippen molar-refractivity contribution in [1.29, 1.82) is 0 Å². The molecule has 0 amide bonds. The number of alkyl halides is 3. The van der Waals surface area contributed by atoms with Gasteiger partial charge in [-0.1, -0.05) is 18.2 Å². The van der Waals surface area contributed by atoms with Gasteiger partial charge in [0.15, 0.2) is 0 Å². The Morgan fingerprint density at radius 3 is 2.79 bits per heavy atom. The summed E-state index contributed by atoms with van der Waals surface area (Å²) in [5.74, 6) is -0.927. The molecule has 0 aliphatic carbocycles. The third-order valence-corrected chi connectivity index (χ3v) is 3.86. The van der Waals surface area contributed by atoms with Crippen LogP contribution in [0.25, 0.3) is 0 Å². The molecule has 1 fully saturated rings. The van der Waals surface area contributed by atoms with E-state index >= 15 is 0 Å². The molecule has 0 bridgehead atoms. The van der Waals surface area contributed by atoms with Gasteiger partial charge >= 0.3 is 12.1 Å². The highest BCUT2D eigenvalue weighted by atomic mass is 19.4. The maximum Gasteiger partial charge on any atom is 0.416 e. The third-order valence-electron chi connectivity index (χ3n) is 3.86. The first-order chi connectivity index (χ1) is 11.3. The fraction of sp³-hybridized carbons (Fsp3) is 0.562. The van der Waals surface area contributed by atoms with Crippen LogP contribution in [-0.4, -0.2) is 66.8 Å². The summed E-state index contributed by atoms with van der Waals surface area (Å²) in [5, 5.41) is 8.77. The zero-order valence-electron chi connectivity index (χ0n) is 13.4. The van der Waals surface area contributed by atoms with Crippen LogP contribution in [0.1, 0.15) is 11.1 Å². The molecule has 1 N–H and O–H groups in total. The Bertz CT molecular complexity index is 566. The Morgan fingerprint density at radius 2 is 2.12 bits per heavy atom. The van der Waals surface area contributed by atoms with Crippen molar-refractivity contribution in [2.75, 3.05) is 39.8 Å². The maximum atomic E-state index is 13.1. The molecule has 0 spiro atoms. The van der Waals surface area contributed by atoms with Gasteiger partial charge in [0.25, 0.3) is 0 Å². The fourth-order valence-electron chi connectivity index (χ4n) is 2.85. The maximum absolute atomic E-state index is 13.1. The second-order valence-electron chi connectivity index (χ2n) is 5.97. The molecule has 1 aliphatic heterocycles. The number of benzene rings is 1. The van der Waals surface area contributed by atoms with E-state index < -0.39 is 17.7 Å². The van der Waals surface area contributed by atoms with Crippen molar-refractivity contribution in [2.45, 2.75) is 18.8 Å². The van der Waals surface area contributed by atoms with Crippen LogP contribution in [0.5, 0.6) is 0 Å². The highest BCUT2D eigenvalue weighted by molar-refractivity contribution is 5.69. The van der Waals surface area contributed by atoms with Gasteiger partial charge in [0.1, 0.15) is 0 Å². The zero-order valence-corrected chi connectivity index (χ0v) is 13.4. The molecule has 1 heterocycles. The van der Waals surface area contributed by atoms with Crippen LogP contribution in [0, 0.1) is 0 Å². The molecule has 0 saturated carbocycles. The second kappa shape index (κ2) is 7.96. The fourth-order valence-corrected chi connectivity index (χ4v) is 2.85. The summed E-state index contributed by atoms with van der Waals surface area (Å²) >= 11 is 0. The largest absolute Gasteiger partial charge is 0.480 e. The standard InChI is InChI=1S/C16H21F3N2O3/c1-20(11-15(22)23)9-13-10-21(6-7-24-13)8-12-4-2-3-5-14(12)16(17,18)19/h2-5,13H,6-11H2,1H3,(H,22,23). The van der Waals surface area contributed by atoms with E-state index in [0.717, 1.165) is 6.07 Å². The average Bonchev–Trinajstić information content (AvgIpc) is 2.46. The summed E-state index contributed by atoms with van der Waals surface area (Å²) in [6.45, 7) is 1.94. The minimum absolute atomic E-state index is 0.100. The van der Waals surface area contributed by atoms with Gasteiger partial charge in [-0.05, 0) is 18.7 Å². The number of nitrogens with zero attached hydrogens (tertiary/aromatic N) is 2. The third kappa shape index (κ3) is 5.47. The number of morpholine rings is 1. The Kier molecular flexibility index (Phi) is 6.20. The molecular formula is C16H21F3N2O3. The molecule has 8 heteroatoms. The second-order valence-corrected chi connectivity index (χ2v) is 5.97. The van der Waals surface area contributed by atoms with Crippen LogP contribution in [0.3, 0.4) is 0 Å². The minimum atomic E-state index is -4.37. The molecule has 1 aromatic rings. The van der Waals surface area contributed by atoms with Crippen LogP contribution in [-0.2, 0) is 22.3 Å². The van der Waals surface area contributed by atoms with Gasteiger partial charge in [0.2, 0.25) is 0 Å². The molecule has 5 nitrogen and oxygen atoms in total. The minimum Gasteiger partial charge on any atom is -0.480 e. The summed E-state index contributed by atoms with van der Waals surface area (Å²) in [6.07, 6.45) is -4.59. The number of carbonyl (C=O) groups is 1. The highest BCUT2D eigenvalue weighted by Crippen LogP contribution is 2.32. The lowest BCUT2D eigenvalue weighted by molar-refractivity contribution is -0.139. The van der Waals surface area contributed by atoms with Crippen molar-refractivity contribution >= 4 is 5.97 Å². The van der Waals surface area contributed by atoms with E-state index in [1.807, 2.05) is 4.90 Å². The summed E-state index contributed by atoms with van der Waals surface area (Å²) in [5.41, 5.74) is -0.374. The summed E-state index contributed by atoms with van der Waals surface area (Å²) < 4.78 is 44.8. The Labute approximate surface area is 138 Å². The first-order valence-electron chi connectivity index (χ1n) is 7.65. The molecule has 134 valence electrons. The molecule has 24 heavy (non-hydrogen) atoms. The lowest BCUT2D eigenvalue weighted by Gasteiger charge is -2.35. The van der Waals surface area contributed by atoms with E-state index in [1.165, 1.54) is 12.1 Å². The van der Waals surface area contributed by atoms with Crippen LogP contribution in [0.15, 0.2) is 24.3 Å². The van der Waals surface area contributed by atoms with Crippen LogP contribution in [0.4, 0.5) is 13.2 Å². The molecule has 1 unspecified atom stereocenters. The Balaban J connectivity index is 1.97. The first kappa shape index (κ1) is 18.7. The van der Waals surface area contributed by atoms with Gasteiger partial charge in [-0.25, -0.2) is 0 Å². The van der Waals surface area contributed by atoms with Gasteiger partial charge in [-0.15, -0.1) is 0 Å². The summed E-state index contributed by atoms with van der Waals surface area (Å²) in [4.78, 5) is 14.2. The monoisotopic (exact) mass is 346 g/mol. The number of carboxylic acid groups (broad SMARTS) is 1. The van der Waals surface area contributed by atoms with Crippen molar-refractivity contribution in [1.82, 2.24) is 9.80 Å². The van der Waals surface area contributed by atoms with Gasteiger partial charge in [-0.3, -0.25) is 14.6 Å². The van der Waals surface area contributed by atoms with E-state index in [2.05, 4.69) is 0 Å². The van der Waals surface area contributed by atoms with Crippen LogP contribution < -0.4 is 0 Å². The Hall–Kier alpha value is -1.64. The lowest BCUT2D eigenvalue weighted by Crippen LogP contribution is -2.47. The quantitative estimate of drug-likeness (QED) is 0.853. The van der Waals surface area contributed by atoms with Crippen LogP contribution in [0.2, 0.25) is 0 Å². The summed E-state index contributed by atoms with van der Waals surface area (Å²) in [7, 11) is 1.68. The molecular weight excluding hydrogens is 325 g/mol. The summed E-state index contributed by atoms with van der Waals surface area (Å²) in [6, 6.07) is 5.57. The van der Waals surface area contributed by atoms with Crippen molar-refractivity contribution in [3.05, 3.63) is 35.4 Å². The lowest BCUT2D eigenvalue weighted by atomic mass is 10.1. The van der Waals surface area contributed by atoms with Crippen molar-refractivity contribution < 1.29 is 27.8 Å². The molecule has 0 aromatic heterocycles. The molecule has 0 radical (unpaired) electrons. The van der Waals surface area contributed by atoms with Gasteiger partial charge in [-0.2, -0.15) is 13.2 Å². The number of hydrogen-bond donors (Lipinski definition) is 1. The predicted molar refractivity (Wildman–Crippen MR) is 81.6 cm³/mol. The van der Waals surface area contributed by atoms with Crippen molar-refractivity contribution in [2.24, 2.45) is 0 Å². The number of ether oxygens (including phenoxy) is 1. The molecule has 1 atom stereocenters. The SMILES string of the molecule is CN(CC(=O)O)CC1CN(Cc2ccccc2C(F)(F)F)CCO1. The molecule has 2 rings (SSSR count). The van der Waals surface area contributed by atoms with E-state index in [1.54, 1.807) is 18.0 Å². The number of aliphatic carboxylic acids is 1. The number of carboxylic acids is 1. The zero-order chi connectivity index (χ0) is 17.7. The number of hydrogen-bond acceptors (Lipinski definition) is 4. The van der Waals surface area contributed by atoms with E-state index in [-0.39, 0.29) is 24.8 Å². The van der Waals surface area contributed by atoms with E-state index in [4.69, 9.17) is 9.84 Å². The van der Waals surface area contributed by atoms with E-state index in [0.29, 0.717) is 26.2 Å². The highest BCUT2D eigenvalue weighted by Gasteiger charge is 2.33. The first-order valence-corrected chi connectivity index (χ1v) is 7.65. The normalized spacial score (nSPS) is 19.6. The predicted octanol–water partition coefficient (Wildman–Crippen LogP) is 1.92. The topological polar surface area (TPSA) is 53.0 Å². The van der Waals surface area contributed by atoms with E-state index in [9.17, 15) is 18.0 Å². The van der Waals surface area contributed by atoms with Crippen molar-refractivity contribution in [3.63, 3.8) is 0 Å². The van der Waals surface area contributed by atoms with Gasteiger partial charge < -0.3 is 9.84 Å². The average molecular weight is 346 g/mol. The molecule has 1 saturated heterocycles.